The molecule has 0 amide bonds. The van der Waals surface area contributed by atoms with E-state index in [2.05, 4.69) is 17.8 Å². The second-order valence-corrected chi connectivity index (χ2v) is 7.14. The van der Waals surface area contributed by atoms with E-state index in [-0.39, 0.29) is 0 Å². The van der Waals surface area contributed by atoms with Crippen molar-refractivity contribution in [3.05, 3.63) is 34.9 Å². The summed E-state index contributed by atoms with van der Waals surface area (Å²) in [5, 5.41) is 21.1. The van der Waals surface area contributed by atoms with Crippen LogP contribution in [0, 0.1) is 18.3 Å². The molecule has 0 spiro atoms. The highest BCUT2D eigenvalue weighted by atomic mass is 32.2. The van der Waals surface area contributed by atoms with Crippen LogP contribution in [0.15, 0.2) is 18.2 Å². The van der Waals surface area contributed by atoms with E-state index in [4.69, 9.17) is 5.26 Å². The Morgan fingerprint density at radius 1 is 1.33 bits per heavy atom. The fourth-order valence-corrected chi connectivity index (χ4v) is 5.22. The smallest absolute Gasteiger partial charge is 0.0991 e. The predicted octanol–water partition coefficient (Wildman–Crippen LogP) is 3.11. The molecule has 2 aliphatic heterocycles. The van der Waals surface area contributed by atoms with Gasteiger partial charge in [-0.3, -0.25) is 0 Å². The van der Waals surface area contributed by atoms with Crippen LogP contribution in [0.2, 0.25) is 0 Å². The lowest BCUT2D eigenvalue weighted by Crippen LogP contribution is -2.35. The zero-order chi connectivity index (χ0) is 12.8. The van der Waals surface area contributed by atoms with E-state index in [1.807, 2.05) is 25.1 Å². The Morgan fingerprint density at radius 2 is 2.00 bits per heavy atom. The van der Waals surface area contributed by atoms with Gasteiger partial charge in [0.2, 0.25) is 0 Å². The van der Waals surface area contributed by atoms with Crippen molar-refractivity contribution >= 4 is 11.8 Å². The van der Waals surface area contributed by atoms with Gasteiger partial charge in [-0.05, 0) is 55.9 Å². The number of nitriles is 1. The molecule has 1 aromatic carbocycles. The van der Waals surface area contributed by atoms with Crippen LogP contribution in [-0.2, 0) is 5.60 Å². The quantitative estimate of drug-likeness (QED) is 0.842. The molecular formula is C15H17NOS. The standard InChI is InChI=1S/C15H17NOS/c1-10-6-11(9-16)2-5-14(10)15(17)7-12-3-4-13(8-15)18-12/h2,5-6,12-13,17H,3-4,7-8H2,1H3. The molecule has 2 fully saturated rings. The molecule has 2 unspecified atom stereocenters. The van der Waals surface area contributed by atoms with E-state index in [0.717, 1.165) is 24.0 Å². The topological polar surface area (TPSA) is 44.0 Å². The van der Waals surface area contributed by atoms with Gasteiger partial charge in [-0.25, -0.2) is 0 Å². The van der Waals surface area contributed by atoms with E-state index in [1.54, 1.807) is 0 Å². The van der Waals surface area contributed by atoms with Crippen molar-refractivity contribution in [3.63, 3.8) is 0 Å². The summed E-state index contributed by atoms with van der Waals surface area (Å²) in [6, 6.07) is 7.81. The third-order valence-electron chi connectivity index (χ3n) is 4.18. The minimum Gasteiger partial charge on any atom is -0.385 e. The third kappa shape index (κ3) is 1.94. The largest absolute Gasteiger partial charge is 0.385 e. The van der Waals surface area contributed by atoms with Crippen molar-refractivity contribution in [2.45, 2.75) is 48.7 Å². The molecule has 0 aliphatic carbocycles. The lowest BCUT2D eigenvalue weighted by atomic mass is 9.83. The summed E-state index contributed by atoms with van der Waals surface area (Å²) in [6.45, 7) is 2.00. The normalized spacial score (nSPS) is 34.3. The maximum atomic E-state index is 11.0. The van der Waals surface area contributed by atoms with Crippen LogP contribution in [0.25, 0.3) is 0 Å². The number of benzene rings is 1. The first-order valence-electron chi connectivity index (χ1n) is 6.50. The van der Waals surface area contributed by atoms with Crippen LogP contribution < -0.4 is 0 Å². The molecule has 0 saturated carbocycles. The Bertz CT molecular complexity index is 508. The number of aryl methyl sites for hydroxylation is 1. The average Bonchev–Trinajstić information content (AvgIpc) is 2.68. The molecule has 3 rings (SSSR count). The zero-order valence-electron chi connectivity index (χ0n) is 10.5. The second-order valence-electron chi connectivity index (χ2n) is 5.54. The van der Waals surface area contributed by atoms with Gasteiger partial charge in [-0.1, -0.05) is 6.07 Å². The maximum Gasteiger partial charge on any atom is 0.0991 e. The molecule has 2 saturated heterocycles. The fraction of sp³-hybridized carbons (Fsp3) is 0.533. The number of aliphatic hydroxyl groups is 1. The minimum atomic E-state index is -0.671. The lowest BCUT2D eigenvalue weighted by molar-refractivity contribution is 0.0190. The van der Waals surface area contributed by atoms with Gasteiger partial charge in [0.1, 0.15) is 0 Å². The van der Waals surface area contributed by atoms with Gasteiger partial charge in [-0.15, -0.1) is 0 Å². The number of fused-ring (bicyclic) bond motifs is 2. The SMILES string of the molecule is Cc1cc(C#N)ccc1C1(O)CC2CCC(C1)S2. The van der Waals surface area contributed by atoms with Crippen molar-refractivity contribution < 1.29 is 5.11 Å². The Morgan fingerprint density at radius 3 is 2.56 bits per heavy atom. The van der Waals surface area contributed by atoms with Gasteiger partial charge < -0.3 is 5.11 Å². The van der Waals surface area contributed by atoms with Crippen molar-refractivity contribution in [1.29, 1.82) is 5.26 Å². The van der Waals surface area contributed by atoms with Crippen LogP contribution in [0.3, 0.4) is 0 Å². The monoisotopic (exact) mass is 259 g/mol. The summed E-state index contributed by atoms with van der Waals surface area (Å²) in [5.41, 5.74) is 2.07. The molecule has 1 aromatic rings. The molecule has 2 bridgehead atoms. The molecule has 2 nitrogen and oxygen atoms in total. The first-order chi connectivity index (χ1) is 8.60. The Hall–Kier alpha value is -0.980. The van der Waals surface area contributed by atoms with E-state index >= 15 is 0 Å². The Balaban J connectivity index is 1.97. The number of hydrogen-bond acceptors (Lipinski definition) is 3. The van der Waals surface area contributed by atoms with Crippen molar-refractivity contribution in [1.82, 2.24) is 0 Å². The number of hydrogen-bond donors (Lipinski definition) is 1. The highest BCUT2D eigenvalue weighted by Gasteiger charge is 2.44. The first kappa shape index (κ1) is 12.1. The van der Waals surface area contributed by atoms with E-state index in [9.17, 15) is 5.11 Å². The van der Waals surface area contributed by atoms with Gasteiger partial charge in [-0.2, -0.15) is 17.0 Å². The number of rotatable bonds is 1. The molecule has 3 heteroatoms. The third-order valence-corrected chi connectivity index (χ3v) is 5.76. The van der Waals surface area contributed by atoms with E-state index in [1.165, 1.54) is 12.8 Å². The second kappa shape index (κ2) is 4.29. The van der Waals surface area contributed by atoms with E-state index in [0.29, 0.717) is 16.1 Å². The molecule has 2 atom stereocenters. The highest BCUT2D eigenvalue weighted by Crippen LogP contribution is 2.51. The molecular weight excluding hydrogens is 242 g/mol. The minimum absolute atomic E-state index is 0.615. The first-order valence-corrected chi connectivity index (χ1v) is 7.44. The fourth-order valence-electron chi connectivity index (χ4n) is 3.39. The molecule has 0 radical (unpaired) electrons. The number of thioether (sulfide) groups is 1. The van der Waals surface area contributed by atoms with Gasteiger partial charge in [0, 0.05) is 10.5 Å². The number of nitrogens with zero attached hydrogens (tertiary/aromatic N) is 1. The summed E-state index contributed by atoms with van der Waals surface area (Å²) in [4.78, 5) is 0. The molecule has 2 aliphatic rings. The van der Waals surface area contributed by atoms with Crippen molar-refractivity contribution in [2.24, 2.45) is 0 Å². The molecule has 0 aromatic heterocycles. The Kier molecular flexibility index (Phi) is 2.88. The van der Waals surface area contributed by atoms with E-state index < -0.39 is 5.60 Å². The van der Waals surface area contributed by atoms with Crippen LogP contribution >= 0.6 is 11.8 Å². The summed E-state index contributed by atoms with van der Waals surface area (Å²) >= 11 is 2.05. The molecule has 94 valence electrons. The van der Waals surface area contributed by atoms with Crippen molar-refractivity contribution in [3.8, 4) is 6.07 Å². The van der Waals surface area contributed by atoms with Gasteiger partial charge in [0.25, 0.3) is 0 Å². The van der Waals surface area contributed by atoms with Crippen molar-refractivity contribution in [2.75, 3.05) is 0 Å². The summed E-state index contributed by atoms with van der Waals surface area (Å²) < 4.78 is 0. The van der Waals surface area contributed by atoms with Crippen LogP contribution in [0.5, 0.6) is 0 Å². The van der Waals surface area contributed by atoms with Crippen LogP contribution in [0.1, 0.15) is 42.4 Å². The maximum absolute atomic E-state index is 11.0. The lowest BCUT2D eigenvalue weighted by Gasteiger charge is -2.37. The zero-order valence-corrected chi connectivity index (χ0v) is 11.3. The summed E-state index contributed by atoms with van der Waals surface area (Å²) in [7, 11) is 0. The van der Waals surface area contributed by atoms with Gasteiger partial charge in [0.05, 0.1) is 17.2 Å². The van der Waals surface area contributed by atoms with Gasteiger partial charge >= 0.3 is 0 Å². The van der Waals surface area contributed by atoms with Crippen LogP contribution in [0.4, 0.5) is 0 Å². The average molecular weight is 259 g/mol. The summed E-state index contributed by atoms with van der Waals surface area (Å²) in [6.07, 6.45) is 4.21. The highest BCUT2D eigenvalue weighted by molar-refractivity contribution is 8.00. The van der Waals surface area contributed by atoms with Crippen LogP contribution in [-0.4, -0.2) is 15.6 Å². The molecule has 2 heterocycles. The summed E-state index contributed by atoms with van der Waals surface area (Å²) in [5.74, 6) is 0. The molecule has 1 N–H and O–H groups in total. The Labute approximate surface area is 112 Å². The van der Waals surface area contributed by atoms with Gasteiger partial charge in [0.15, 0.2) is 0 Å². The molecule has 18 heavy (non-hydrogen) atoms. The predicted molar refractivity (Wildman–Crippen MR) is 73.4 cm³/mol.